The van der Waals surface area contributed by atoms with Gasteiger partial charge in [-0.3, -0.25) is 9.36 Å². The van der Waals surface area contributed by atoms with Crippen LogP contribution in [0.3, 0.4) is 0 Å². The van der Waals surface area contributed by atoms with Crippen LogP contribution in [0.25, 0.3) is 16.6 Å². The molecule has 0 aliphatic carbocycles. The molecule has 198 valence electrons. The first-order valence-electron chi connectivity index (χ1n) is 12.7. The first kappa shape index (κ1) is 27.4. The monoisotopic (exact) mass is 529 g/mol. The minimum absolute atomic E-state index is 0.148. The zero-order valence-electron chi connectivity index (χ0n) is 22.9. The first-order valence-corrected chi connectivity index (χ1v) is 13.9. The lowest BCUT2D eigenvalue weighted by Crippen LogP contribution is -2.43. The maximum absolute atomic E-state index is 13.9. The van der Waals surface area contributed by atoms with E-state index in [4.69, 9.17) is 4.98 Å². The number of thioether (sulfide) groups is 1. The minimum Gasteiger partial charge on any atom is -0.313 e. The van der Waals surface area contributed by atoms with Gasteiger partial charge in [0.25, 0.3) is 5.56 Å². The summed E-state index contributed by atoms with van der Waals surface area (Å²) in [5.41, 5.74) is 4.03. The van der Waals surface area contributed by atoms with Crippen LogP contribution in [0, 0.1) is 13.8 Å². The van der Waals surface area contributed by atoms with Crippen molar-refractivity contribution in [2.75, 3.05) is 38.8 Å². The van der Waals surface area contributed by atoms with Crippen LogP contribution in [-0.2, 0) is 0 Å². The number of rotatable bonds is 8. The van der Waals surface area contributed by atoms with Gasteiger partial charge >= 0.3 is 6.03 Å². The Morgan fingerprint density at radius 3 is 2.39 bits per heavy atom. The van der Waals surface area contributed by atoms with E-state index in [2.05, 4.69) is 11.4 Å². The summed E-state index contributed by atoms with van der Waals surface area (Å²) in [5, 5.41) is 3.58. The molecule has 7 nitrogen and oxygen atoms in total. The molecule has 0 aliphatic rings. The fourth-order valence-electron chi connectivity index (χ4n) is 4.51. The highest BCUT2D eigenvalue weighted by Gasteiger charge is 2.27. The largest absolute Gasteiger partial charge is 0.322 e. The van der Waals surface area contributed by atoms with E-state index >= 15 is 0 Å². The minimum atomic E-state index is -0.488. The summed E-state index contributed by atoms with van der Waals surface area (Å²) in [6.07, 6.45) is 2.02. The summed E-state index contributed by atoms with van der Waals surface area (Å²) in [7, 11) is 3.95. The number of carbonyl (C=O) groups excluding carboxylic acids is 1. The summed E-state index contributed by atoms with van der Waals surface area (Å²) in [6.45, 7) is 7.07. The van der Waals surface area contributed by atoms with E-state index in [1.807, 2.05) is 101 Å². The molecule has 0 fully saturated rings. The molecule has 0 radical (unpaired) electrons. The van der Waals surface area contributed by atoms with Crippen molar-refractivity contribution in [3.63, 3.8) is 0 Å². The van der Waals surface area contributed by atoms with Gasteiger partial charge in [0.2, 0.25) is 0 Å². The van der Waals surface area contributed by atoms with Gasteiger partial charge in [-0.25, -0.2) is 9.78 Å². The number of aryl methyl sites for hydroxylation is 2. The number of hydrogen-bond donors (Lipinski definition) is 1. The number of likely N-dealkylation sites (N-methyl/N-ethyl adjacent to an activating group) is 1. The normalized spacial score (nSPS) is 12.1. The van der Waals surface area contributed by atoms with Gasteiger partial charge in [0.1, 0.15) is 5.82 Å². The number of carbonyl (C=O) groups is 1. The molecule has 1 unspecified atom stereocenters. The van der Waals surface area contributed by atoms with Gasteiger partial charge in [-0.15, -0.1) is 11.8 Å². The molecule has 2 amide bonds. The fraction of sp³-hybridized carbons (Fsp3) is 0.300. The van der Waals surface area contributed by atoms with Gasteiger partial charge in [0.05, 0.1) is 22.6 Å². The molecule has 0 spiro atoms. The molecule has 0 saturated carbocycles. The molecule has 0 bridgehead atoms. The first-order chi connectivity index (χ1) is 18.2. The van der Waals surface area contributed by atoms with E-state index in [-0.39, 0.29) is 11.6 Å². The third-order valence-corrected chi connectivity index (χ3v) is 7.37. The van der Waals surface area contributed by atoms with Crippen LogP contribution < -0.4 is 10.9 Å². The van der Waals surface area contributed by atoms with Crippen molar-refractivity contribution in [1.82, 2.24) is 19.4 Å². The Hall–Kier alpha value is -3.62. The third-order valence-electron chi connectivity index (χ3n) is 6.63. The number of nitrogens with one attached hydrogen (secondary N) is 1. The second-order valence-corrected chi connectivity index (χ2v) is 10.6. The molecule has 1 N–H and O–H groups in total. The van der Waals surface area contributed by atoms with Crippen molar-refractivity contribution in [2.24, 2.45) is 0 Å². The number of nitrogens with zero attached hydrogens (tertiary/aromatic N) is 4. The number of hydrogen-bond acceptors (Lipinski definition) is 5. The number of aromatic nitrogens is 2. The maximum Gasteiger partial charge on any atom is 0.322 e. The van der Waals surface area contributed by atoms with Crippen LogP contribution in [0.2, 0.25) is 0 Å². The molecule has 4 rings (SSSR count). The molecular weight excluding hydrogens is 494 g/mol. The molecular formula is C30H35N5O2S. The number of fused-ring (bicyclic) bond motifs is 1. The van der Waals surface area contributed by atoms with Crippen LogP contribution in [0.4, 0.5) is 10.5 Å². The van der Waals surface area contributed by atoms with Gasteiger partial charge < -0.3 is 15.1 Å². The Balaban J connectivity index is 1.83. The van der Waals surface area contributed by atoms with Crippen molar-refractivity contribution in [3.8, 4) is 5.69 Å². The second-order valence-electron chi connectivity index (χ2n) is 9.75. The highest BCUT2D eigenvalue weighted by Crippen LogP contribution is 2.26. The summed E-state index contributed by atoms with van der Waals surface area (Å²) < 4.78 is 1.67. The molecule has 8 heteroatoms. The van der Waals surface area contributed by atoms with Gasteiger partial charge in [-0.1, -0.05) is 29.8 Å². The van der Waals surface area contributed by atoms with E-state index in [1.165, 1.54) is 0 Å². The molecule has 38 heavy (non-hydrogen) atoms. The van der Waals surface area contributed by atoms with Gasteiger partial charge in [-0.2, -0.15) is 0 Å². The Kier molecular flexibility index (Phi) is 8.54. The lowest BCUT2D eigenvalue weighted by Gasteiger charge is -2.31. The Labute approximate surface area is 228 Å². The predicted molar refractivity (Wildman–Crippen MR) is 158 cm³/mol. The lowest BCUT2D eigenvalue weighted by atomic mass is 10.1. The molecule has 1 heterocycles. The standard InChI is InChI=1S/C30H35N5O2S/c1-20-11-16-27(21(2)19-20)35-28(32-26-10-8-7-9-25(26)29(35)36)22(3)34(18-17-33(4)5)30(37)31-23-12-14-24(38-6)15-13-23/h7-16,19,22H,17-18H2,1-6H3,(H,31,37). The van der Waals surface area contributed by atoms with Crippen molar-refractivity contribution >= 4 is 34.4 Å². The number of benzene rings is 3. The highest BCUT2D eigenvalue weighted by atomic mass is 32.2. The average Bonchev–Trinajstić information content (AvgIpc) is 2.89. The number of urea groups is 1. The lowest BCUT2D eigenvalue weighted by molar-refractivity contribution is 0.181. The zero-order valence-corrected chi connectivity index (χ0v) is 23.7. The number of para-hydroxylation sites is 1. The predicted octanol–water partition coefficient (Wildman–Crippen LogP) is 5.88. The summed E-state index contributed by atoms with van der Waals surface area (Å²) in [5.74, 6) is 0.521. The van der Waals surface area contributed by atoms with E-state index < -0.39 is 6.04 Å². The van der Waals surface area contributed by atoms with Crippen LogP contribution >= 0.6 is 11.8 Å². The zero-order chi connectivity index (χ0) is 27.4. The van der Waals surface area contributed by atoms with E-state index in [1.54, 1.807) is 27.3 Å². The molecule has 4 aromatic rings. The molecule has 1 aromatic heterocycles. The number of anilines is 1. The van der Waals surface area contributed by atoms with Crippen molar-refractivity contribution in [3.05, 3.63) is 94.0 Å². The smallest absolute Gasteiger partial charge is 0.313 e. The summed E-state index contributed by atoms with van der Waals surface area (Å²) in [4.78, 5) is 37.4. The van der Waals surface area contributed by atoms with Gasteiger partial charge in [0.15, 0.2) is 0 Å². The van der Waals surface area contributed by atoms with Crippen molar-refractivity contribution in [2.45, 2.75) is 31.7 Å². The van der Waals surface area contributed by atoms with Gasteiger partial charge in [-0.05, 0) is 89.2 Å². The van der Waals surface area contributed by atoms with Gasteiger partial charge in [0, 0.05) is 23.7 Å². The van der Waals surface area contributed by atoms with Crippen LogP contribution in [0.5, 0.6) is 0 Å². The third kappa shape index (κ3) is 5.92. The molecule has 0 aliphatic heterocycles. The Bertz CT molecular complexity index is 1500. The average molecular weight is 530 g/mol. The SMILES string of the molecule is CSc1ccc(NC(=O)N(CCN(C)C)C(C)c2nc3ccccc3c(=O)n2-c2ccc(C)cc2C)cc1. The maximum atomic E-state index is 13.9. The van der Waals surface area contributed by atoms with Crippen LogP contribution in [0.15, 0.2) is 76.4 Å². The Morgan fingerprint density at radius 2 is 1.74 bits per heavy atom. The number of amides is 2. The fourth-order valence-corrected chi connectivity index (χ4v) is 4.92. The van der Waals surface area contributed by atoms with E-state index in [0.717, 1.165) is 21.7 Å². The van der Waals surface area contributed by atoms with Crippen LogP contribution in [-0.4, -0.2) is 58.8 Å². The quantitative estimate of drug-likeness (QED) is 0.289. The van der Waals surface area contributed by atoms with E-state index in [0.29, 0.717) is 35.5 Å². The molecule has 3 aromatic carbocycles. The van der Waals surface area contributed by atoms with E-state index in [9.17, 15) is 9.59 Å². The molecule has 1 atom stereocenters. The summed E-state index contributed by atoms with van der Waals surface area (Å²) in [6, 6.07) is 20.4. The van der Waals surface area contributed by atoms with Crippen molar-refractivity contribution < 1.29 is 4.79 Å². The van der Waals surface area contributed by atoms with Crippen molar-refractivity contribution in [1.29, 1.82) is 0 Å². The Morgan fingerprint density at radius 1 is 1.03 bits per heavy atom. The summed E-state index contributed by atoms with van der Waals surface area (Å²) >= 11 is 1.65. The second kappa shape index (κ2) is 11.8. The topological polar surface area (TPSA) is 70.5 Å². The van der Waals surface area contributed by atoms with Crippen LogP contribution in [0.1, 0.15) is 29.9 Å². The molecule has 0 saturated heterocycles. The highest BCUT2D eigenvalue weighted by molar-refractivity contribution is 7.98.